The first-order valence-electron chi connectivity index (χ1n) is 15.5. The molecule has 2 aliphatic heterocycles. The molecule has 6 rings (SSSR count). The lowest BCUT2D eigenvalue weighted by Gasteiger charge is -2.27. The van der Waals surface area contributed by atoms with Crippen molar-refractivity contribution in [3.05, 3.63) is 111 Å². The molecule has 2 saturated heterocycles. The van der Waals surface area contributed by atoms with Crippen molar-refractivity contribution in [2.24, 2.45) is 0 Å². The van der Waals surface area contributed by atoms with Crippen molar-refractivity contribution in [1.29, 1.82) is 5.26 Å². The van der Waals surface area contributed by atoms with E-state index in [9.17, 15) is 10.1 Å². The second-order valence-electron chi connectivity index (χ2n) is 11.9. The molecule has 0 saturated carbocycles. The molecule has 0 atom stereocenters. The van der Waals surface area contributed by atoms with Crippen LogP contribution >= 0.6 is 11.6 Å². The number of amides is 1. The predicted molar refractivity (Wildman–Crippen MR) is 175 cm³/mol. The molecule has 8 heteroatoms. The summed E-state index contributed by atoms with van der Waals surface area (Å²) in [5.41, 5.74) is 8.31. The second kappa shape index (κ2) is 13.7. The van der Waals surface area contributed by atoms with E-state index in [0.29, 0.717) is 28.7 Å². The number of hydrogen-bond acceptors (Lipinski definition) is 6. The highest BCUT2D eigenvalue weighted by Gasteiger charge is 2.27. The standard InChI is InChI=1S/C37H37ClN4O3/c1-25-29(8-6-9-31(25)32-10-7-11-33(26(32)2)37(43)42-14-15-42)24-45-36-18-35(44-23-28-16-27(19-39)20-40-21-28)30(17-34(36)38)22-41-12-4-3-5-13-41/h6-11,16-18,20-21H,3-5,12-15,22-24H2,1-2H3. The monoisotopic (exact) mass is 620 g/mol. The molecule has 7 nitrogen and oxygen atoms in total. The molecule has 230 valence electrons. The molecule has 0 spiro atoms. The first-order valence-corrected chi connectivity index (χ1v) is 15.9. The Hall–Kier alpha value is -4.38. The normalized spacial score (nSPS) is 14.6. The number of hydrogen-bond donors (Lipinski definition) is 0. The quantitative estimate of drug-likeness (QED) is 0.171. The van der Waals surface area contributed by atoms with Gasteiger partial charge in [0.05, 0.1) is 10.6 Å². The first-order chi connectivity index (χ1) is 21.9. The SMILES string of the molecule is Cc1c(COc2cc(OCc3cncc(C#N)c3)c(CN3CCCCC3)cc2Cl)cccc1-c1cccc(C(=O)N2CC2)c1C. The Labute approximate surface area is 270 Å². The van der Waals surface area contributed by atoms with E-state index in [1.165, 1.54) is 19.3 Å². The van der Waals surface area contributed by atoms with Crippen LogP contribution in [-0.2, 0) is 19.8 Å². The smallest absolute Gasteiger partial charge is 0.254 e. The number of aromatic nitrogens is 1. The summed E-state index contributed by atoms with van der Waals surface area (Å²) in [7, 11) is 0. The number of benzene rings is 3. The highest BCUT2D eigenvalue weighted by Crippen LogP contribution is 2.36. The summed E-state index contributed by atoms with van der Waals surface area (Å²) < 4.78 is 12.7. The van der Waals surface area contributed by atoms with Gasteiger partial charge in [-0.3, -0.25) is 14.7 Å². The van der Waals surface area contributed by atoms with E-state index < -0.39 is 0 Å². The molecule has 0 radical (unpaired) electrons. The fourth-order valence-electron chi connectivity index (χ4n) is 5.96. The molecule has 1 amide bonds. The van der Waals surface area contributed by atoms with E-state index in [1.54, 1.807) is 18.5 Å². The van der Waals surface area contributed by atoms with E-state index in [1.807, 2.05) is 42.2 Å². The first kappa shape index (κ1) is 30.6. The molecule has 0 bridgehead atoms. The Morgan fingerprint density at radius 3 is 2.36 bits per heavy atom. The van der Waals surface area contributed by atoms with Crippen LogP contribution in [0.5, 0.6) is 11.5 Å². The fraction of sp³-hybridized carbons (Fsp3) is 0.324. The van der Waals surface area contributed by atoms with Crippen molar-refractivity contribution < 1.29 is 14.3 Å². The second-order valence-corrected chi connectivity index (χ2v) is 12.3. The van der Waals surface area contributed by atoms with Gasteiger partial charge in [-0.25, -0.2) is 0 Å². The summed E-state index contributed by atoms with van der Waals surface area (Å²) in [6, 6.07) is 19.9. The number of ether oxygens (including phenoxy) is 2. The molecule has 0 N–H and O–H groups in total. The number of piperidine rings is 1. The average molecular weight is 621 g/mol. The van der Waals surface area contributed by atoms with E-state index in [2.05, 4.69) is 41.1 Å². The van der Waals surface area contributed by atoms with Crippen LogP contribution in [0.2, 0.25) is 5.02 Å². The maximum atomic E-state index is 12.8. The van der Waals surface area contributed by atoms with Crippen LogP contribution in [0.1, 0.15) is 63.0 Å². The van der Waals surface area contributed by atoms with Crippen LogP contribution < -0.4 is 9.47 Å². The molecule has 1 aromatic heterocycles. The van der Waals surface area contributed by atoms with Gasteiger partial charge in [-0.05, 0) is 85.8 Å². The van der Waals surface area contributed by atoms with Gasteiger partial charge in [-0.1, -0.05) is 48.4 Å². The van der Waals surface area contributed by atoms with Gasteiger partial charge in [0.1, 0.15) is 30.8 Å². The molecular formula is C37H37ClN4O3. The third-order valence-corrected chi connectivity index (χ3v) is 8.99. The average Bonchev–Trinajstić information content (AvgIpc) is 3.91. The maximum absolute atomic E-state index is 12.8. The summed E-state index contributed by atoms with van der Waals surface area (Å²) in [6.45, 7) is 9.21. The topological polar surface area (TPSA) is 78.5 Å². The Morgan fingerprint density at radius 2 is 1.60 bits per heavy atom. The molecule has 0 aliphatic carbocycles. The van der Waals surface area contributed by atoms with E-state index in [0.717, 1.165) is 77.2 Å². The van der Waals surface area contributed by atoms with Gasteiger partial charge >= 0.3 is 0 Å². The van der Waals surface area contributed by atoms with E-state index >= 15 is 0 Å². The zero-order valence-corrected chi connectivity index (χ0v) is 26.6. The van der Waals surface area contributed by atoms with Crippen LogP contribution in [-0.4, -0.2) is 46.9 Å². The van der Waals surface area contributed by atoms with E-state index in [4.69, 9.17) is 21.1 Å². The van der Waals surface area contributed by atoms with Gasteiger partial charge in [0.15, 0.2) is 0 Å². The molecule has 45 heavy (non-hydrogen) atoms. The Balaban J connectivity index is 1.24. The Kier molecular flexibility index (Phi) is 9.34. The van der Waals surface area contributed by atoms with Crippen LogP contribution in [0.15, 0.2) is 67.0 Å². The van der Waals surface area contributed by atoms with Crippen molar-refractivity contribution in [2.75, 3.05) is 26.2 Å². The Morgan fingerprint density at radius 1 is 0.867 bits per heavy atom. The number of nitriles is 1. The molecular weight excluding hydrogens is 584 g/mol. The number of rotatable bonds is 10. The molecule has 2 aliphatic rings. The summed E-state index contributed by atoms with van der Waals surface area (Å²) in [4.78, 5) is 21.3. The molecule has 0 unspecified atom stereocenters. The van der Waals surface area contributed by atoms with Gasteiger partial charge in [-0.2, -0.15) is 5.26 Å². The number of carbonyl (C=O) groups excluding carboxylic acids is 1. The minimum absolute atomic E-state index is 0.0944. The van der Waals surface area contributed by atoms with Gasteiger partial charge < -0.3 is 14.4 Å². The molecule has 2 fully saturated rings. The minimum atomic E-state index is 0.0944. The summed E-state index contributed by atoms with van der Waals surface area (Å²) in [6.07, 6.45) is 6.90. The Bertz CT molecular complexity index is 1760. The predicted octanol–water partition coefficient (Wildman–Crippen LogP) is 7.49. The van der Waals surface area contributed by atoms with Crippen LogP contribution in [0.25, 0.3) is 11.1 Å². The summed E-state index contributed by atoms with van der Waals surface area (Å²) in [5, 5.41) is 9.82. The number of pyridine rings is 1. The lowest BCUT2D eigenvalue weighted by molar-refractivity contribution is 0.0885. The zero-order chi connectivity index (χ0) is 31.3. The molecule has 4 aromatic rings. The third kappa shape index (κ3) is 7.14. The zero-order valence-electron chi connectivity index (χ0n) is 25.8. The largest absolute Gasteiger partial charge is 0.488 e. The minimum Gasteiger partial charge on any atom is -0.488 e. The number of nitrogens with zero attached hydrogens (tertiary/aromatic N) is 4. The number of likely N-dealkylation sites (tertiary alicyclic amines) is 1. The number of carbonyl (C=O) groups is 1. The lowest BCUT2D eigenvalue weighted by Crippen LogP contribution is -2.29. The third-order valence-electron chi connectivity index (χ3n) is 8.69. The van der Waals surface area contributed by atoms with Crippen molar-refractivity contribution in [1.82, 2.24) is 14.8 Å². The highest BCUT2D eigenvalue weighted by atomic mass is 35.5. The van der Waals surface area contributed by atoms with Crippen molar-refractivity contribution >= 4 is 17.5 Å². The maximum Gasteiger partial charge on any atom is 0.254 e. The van der Waals surface area contributed by atoms with Gasteiger partial charge in [0, 0.05) is 54.8 Å². The van der Waals surface area contributed by atoms with Crippen molar-refractivity contribution in [3.63, 3.8) is 0 Å². The van der Waals surface area contributed by atoms with Gasteiger partial charge in [0.25, 0.3) is 5.91 Å². The fourth-order valence-corrected chi connectivity index (χ4v) is 6.20. The van der Waals surface area contributed by atoms with Crippen LogP contribution in [0.3, 0.4) is 0 Å². The number of halogens is 1. The molecule has 3 heterocycles. The molecule has 3 aromatic carbocycles. The van der Waals surface area contributed by atoms with Crippen LogP contribution in [0.4, 0.5) is 0 Å². The van der Waals surface area contributed by atoms with Gasteiger partial charge in [-0.15, -0.1) is 0 Å². The van der Waals surface area contributed by atoms with Crippen molar-refractivity contribution in [3.8, 4) is 28.7 Å². The lowest BCUT2D eigenvalue weighted by atomic mass is 9.91. The summed E-state index contributed by atoms with van der Waals surface area (Å²) >= 11 is 6.83. The van der Waals surface area contributed by atoms with E-state index in [-0.39, 0.29) is 12.5 Å². The van der Waals surface area contributed by atoms with Crippen LogP contribution in [0, 0.1) is 25.2 Å². The summed E-state index contributed by atoms with van der Waals surface area (Å²) in [5.74, 6) is 1.35. The van der Waals surface area contributed by atoms with Crippen molar-refractivity contribution in [2.45, 2.75) is 52.9 Å². The van der Waals surface area contributed by atoms with Gasteiger partial charge in [0.2, 0.25) is 0 Å². The highest BCUT2D eigenvalue weighted by molar-refractivity contribution is 6.32.